The Labute approximate surface area is 94.1 Å². The predicted molar refractivity (Wildman–Crippen MR) is 61.4 cm³/mol. The van der Waals surface area contributed by atoms with E-state index >= 15 is 0 Å². The van der Waals surface area contributed by atoms with E-state index < -0.39 is 0 Å². The van der Waals surface area contributed by atoms with Gasteiger partial charge < -0.3 is 9.88 Å². The van der Waals surface area contributed by atoms with Crippen LogP contribution in [-0.2, 0) is 0 Å². The highest BCUT2D eigenvalue weighted by Gasteiger charge is 2.18. The van der Waals surface area contributed by atoms with Crippen molar-refractivity contribution in [3.05, 3.63) is 28.5 Å². The summed E-state index contributed by atoms with van der Waals surface area (Å²) in [6, 6.07) is 3.60. The molecule has 1 aliphatic rings. The first-order valence-corrected chi connectivity index (χ1v) is 5.67. The fraction of sp³-hybridized carbons (Fsp3) is 0.455. The molecule has 1 amide bonds. The molecule has 80 valence electrons. The van der Waals surface area contributed by atoms with E-state index in [1.165, 1.54) is 6.42 Å². The summed E-state index contributed by atoms with van der Waals surface area (Å²) < 4.78 is 0.535. The summed E-state index contributed by atoms with van der Waals surface area (Å²) >= 11 is 5.09. The maximum Gasteiger partial charge on any atom is 0.256 e. The van der Waals surface area contributed by atoms with E-state index in [1.54, 1.807) is 12.3 Å². The largest absolute Gasteiger partial charge is 0.352 e. The Kier molecular flexibility index (Phi) is 3.16. The van der Waals surface area contributed by atoms with Crippen LogP contribution in [0, 0.1) is 4.64 Å². The number of aromatic nitrogens is 1. The maximum atomic E-state index is 12.1. The number of piperidine rings is 1. The monoisotopic (exact) mass is 222 g/mol. The number of nitrogens with one attached hydrogen (secondary N) is 1. The molecule has 0 saturated carbocycles. The number of carbonyl (C=O) groups is 1. The van der Waals surface area contributed by atoms with Gasteiger partial charge in [0.1, 0.15) is 4.64 Å². The van der Waals surface area contributed by atoms with Gasteiger partial charge in [-0.25, -0.2) is 0 Å². The minimum Gasteiger partial charge on any atom is -0.352 e. The molecule has 0 atom stereocenters. The number of aromatic amines is 1. The summed E-state index contributed by atoms with van der Waals surface area (Å²) in [6.45, 7) is 1.73. The van der Waals surface area contributed by atoms with Gasteiger partial charge in [-0.1, -0.05) is 12.2 Å². The van der Waals surface area contributed by atoms with Gasteiger partial charge in [-0.15, -0.1) is 0 Å². The molecule has 0 radical (unpaired) electrons. The minimum absolute atomic E-state index is 0.0663. The lowest BCUT2D eigenvalue weighted by Gasteiger charge is -2.26. The van der Waals surface area contributed by atoms with Gasteiger partial charge in [0.2, 0.25) is 0 Å². The second-order valence-electron chi connectivity index (χ2n) is 3.77. The van der Waals surface area contributed by atoms with E-state index in [1.807, 2.05) is 11.0 Å². The Morgan fingerprint density at radius 3 is 2.73 bits per heavy atom. The van der Waals surface area contributed by atoms with Crippen LogP contribution in [0.15, 0.2) is 18.3 Å². The number of nitrogens with zero attached hydrogens (tertiary/aromatic N) is 1. The molecule has 0 aliphatic carbocycles. The fourth-order valence-corrected chi connectivity index (χ4v) is 2.08. The highest BCUT2D eigenvalue weighted by molar-refractivity contribution is 7.71. The number of hydrogen-bond acceptors (Lipinski definition) is 2. The first-order valence-electron chi connectivity index (χ1n) is 5.26. The van der Waals surface area contributed by atoms with Gasteiger partial charge in [-0.2, -0.15) is 0 Å². The smallest absolute Gasteiger partial charge is 0.256 e. The van der Waals surface area contributed by atoms with Crippen LogP contribution in [0.2, 0.25) is 0 Å². The summed E-state index contributed by atoms with van der Waals surface area (Å²) in [5.74, 6) is 0.0663. The third kappa shape index (κ3) is 2.26. The normalized spacial score (nSPS) is 16.4. The zero-order valence-electron chi connectivity index (χ0n) is 8.53. The zero-order chi connectivity index (χ0) is 10.7. The lowest BCUT2D eigenvalue weighted by atomic mass is 10.1. The molecule has 2 rings (SSSR count). The average Bonchev–Trinajstić information content (AvgIpc) is 2.30. The zero-order valence-corrected chi connectivity index (χ0v) is 9.35. The predicted octanol–water partition coefficient (Wildman–Crippen LogP) is 2.37. The number of amides is 1. The Morgan fingerprint density at radius 1 is 1.33 bits per heavy atom. The Hall–Kier alpha value is -1.16. The van der Waals surface area contributed by atoms with Crippen molar-refractivity contribution >= 4 is 18.1 Å². The number of hydrogen-bond donors (Lipinski definition) is 1. The van der Waals surface area contributed by atoms with Crippen molar-refractivity contribution in [2.75, 3.05) is 13.1 Å². The second kappa shape index (κ2) is 4.57. The van der Waals surface area contributed by atoms with Crippen molar-refractivity contribution in [2.45, 2.75) is 19.3 Å². The van der Waals surface area contributed by atoms with Crippen LogP contribution < -0.4 is 0 Å². The molecule has 0 aromatic carbocycles. The summed E-state index contributed by atoms with van der Waals surface area (Å²) in [7, 11) is 0. The third-order valence-corrected chi connectivity index (χ3v) is 3.03. The summed E-state index contributed by atoms with van der Waals surface area (Å²) in [5, 5.41) is 0. The Morgan fingerprint density at radius 2 is 2.07 bits per heavy atom. The lowest BCUT2D eigenvalue weighted by molar-refractivity contribution is 0.0723. The SMILES string of the molecule is O=C(c1ccc[nH]c1=S)N1CCCCC1. The first-order chi connectivity index (χ1) is 7.29. The van der Waals surface area contributed by atoms with Gasteiger partial charge in [0.05, 0.1) is 5.56 Å². The van der Waals surface area contributed by atoms with Gasteiger partial charge in [0.15, 0.2) is 0 Å². The third-order valence-electron chi connectivity index (χ3n) is 2.69. The number of H-pyrrole nitrogens is 1. The molecular weight excluding hydrogens is 208 g/mol. The van der Waals surface area contributed by atoms with E-state index in [0.717, 1.165) is 25.9 Å². The quantitative estimate of drug-likeness (QED) is 0.740. The van der Waals surface area contributed by atoms with E-state index in [4.69, 9.17) is 12.2 Å². The van der Waals surface area contributed by atoms with Gasteiger partial charge in [-0.05, 0) is 31.4 Å². The van der Waals surface area contributed by atoms with Crippen molar-refractivity contribution in [3.63, 3.8) is 0 Å². The van der Waals surface area contributed by atoms with Crippen LogP contribution in [0.1, 0.15) is 29.6 Å². The molecule has 1 aromatic heterocycles. The van der Waals surface area contributed by atoms with E-state index in [0.29, 0.717) is 10.2 Å². The van der Waals surface area contributed by atoms with Crippen LogP contribution in [0.5, 0.6) is 0 Å². The number of rotatable bonds is 1. The fourth-order valence-electron chi connectivity index (χ4n) is 1.86. The van der Waals surface area contributed by atoms with Crippen LogP contribution in [0.4, 0.5) is 0 Å². The molecule has 0 unspecified atom stereocenters. The topological polar surface area (TPSA) is 36.1 Å². The lowest BCUT2D eigenvalue weighted by Crippen LogP contribution is -2.35. The molecule has 1 fully saturated rings. The van der Waals surface area contributed by atoms with Crippen LogP contribution in [-0.4, -0.2) is 28.9 Å². The van der Waals surface area contributed by atoms with E-state index in [2.05, 4.69) is 4.98 Å². The van der Waals surface area contributed by atoms with Gasteiger partial charge in [0, 0.05) is 19.3 Å². The molecule has 0 bridgehead atoms. The van der Waals surface area contributed by atoms with Crippen molar-refractivity contribution in [2.24, 2.45) is 0 Å². The summed E-state index contributed by atoms with van der Waals surface area (Å²) in [4.78, 5) is 16.8. The highest BCUT2D eigenvalue weighted by Crippen LogP contribution is 2.13. The standard InChI is InChI=1S/C11H14N2OS/c14-11(13-7-2-1-3-8-13)9-5-4-6-12-10(9)15/h4-6H,1-3,7-8H2,(H,12,15). The number of pyridine rings is 1. The van der Waals surface area contributed by atoms with E-state index in [-0.39, 0.29) is 5.91 Å². The molecule has 4 heteroatoms. The summed E-state index contributed by atoms with van der Waals surface area (Å²) in [6.07, 6.45) is 5.19. The average molecular weight is 222 g/mol. The van der Waals surface area contributed by atoms with Gasteiger partial charge >= 0.3 is 0 Å². The molecule has 1 saturated heterocycles. The molecule has 1 aliphatic heterocycles. The van der Waals surface area contributed by atoms with Crippen molar-refractivity contribution in [1.29, 1.82) is 0 Å². The van der Waals surface area contributed by atoms with Gasteiger partial charge in [-0.3, -0.25) is 4.79 Å². The second-order valence-corrected chi connectivity index (χ2v) is 4.17. The Bertz CT molecular complexity index is 407. The van der Waals surface area contributed by atoms with Crippen LogP contribution in [0.3, 0.4) is 0 Å². The molecule has 1 aromatic rings. The first kappa shape index (κ1) is 10.4. The molecule has 1 N–H and O–H groups in total. The molecule has 2 heterocycles. The molecule has 3 nitrogen and oxygen atoms in total. The van der Waals surface area contributed by atoms with Gasteiger partial charge in [0.25, 0.3) is 5.91 Å². The van der Waals surface area contributed by atoms with Crippen molar-refractivity contribution in [1.82, 2.24) is 9.88 Å². The van der Waals surface area contributed by atoms with Crippen LogP contribution >= 0.6 is 12.2 Å². The molecular formula is C11H14N2OS. The van der Waals surface area contributed by atoms with E-state index in [9.17, 15) is 4.79 Å². The molecule has 15 heavy (non-hydrogen) atoms. The maximum absolute atomic E-state index is 12.1. The highest BCUT2D eigenvalue weighted by atomic mass is 32.1. The van der Waals surface area contributed by atoms with Crippen molar-refractivity contribution < 1.29 is 4.79 Å². The molecule has 0 spiro atoms. The van der Waals surface area contributed by atoms with Crippen LogP contribution in [0.25, 0.3) is 0 Å². The summed E-state index contributed by atoms with van der Waals surface area (Å²) in [5.41, 5.74) is 0.620. The number of carbonyl (C=O) groups excluding carboxylic acids is 1. The number of likely N-dealkylation sites (tertiary alicyclic amines) is 1. The Balaban J connectivity index is 2.20. The van der Waals surface area contributed by atoms with Crippen molar-refractivity contribution in [3.8, 4) is 0 Å². The minimum atomic E-state index is 0.0663.